The Bertz CT molecular complexity index is 633. The fourth-order valence-electron chi connectivity index (χ4n) is 2.42. The van der Waals surface area contributed by atoms with Crippen molar-refractivity contribution in [2.75, 3.05) is 6.61 Å². The normalized spacial score (nSPS) is 12.8. The van der Waals surface area contributed by atoms with Gasteiger partial charge < -0.3 is 4.74 Å². The molecular formula is C18H24BrN3O2. The van der Waals surface area contributed by atoms with Gasteiger partial charge in [0.15, 0.2) is 5.78 Å². The van der Waals surface area contributed by atoms with Gasteiger partial charge in [0.05, 0.1) is 6.61 Å². The van der Waals surface area contributed by atoms with Crippen LogP contribution in [0.15, 0.2) is 41.4 Å². The molecule has 0 aliphatic rings. The molecule has 0 aliphatic heterocycles. The van der Waals surface area contributed by atoms with Crippen LogP contribution >= 0.6 is 15.9 Å². The SMILES string of the molecule is CC(C)(C)C(=O)C(CCCCOc1ccc(Br)cc1)n1cncn1. The Labute approximate surface area is 151 Å². The summed E-state index contributed by atoms with van der Waals surface area (Å²) in [5.41, 5.74) is -0.398. The van der Waals surface area contributed by atoms with E-state index in [4.69, 9.17) is 4.74 Å². The maximum atomic E-state index is 12.7. The molecule has 1 atom stereocenters. The maximum Gasteiger partial charge on any atom is 0.162 e. The van der Waals surface area contributed by atoms with Gasteiger partial charge >= 0.3 is 0 Å². The highest BCUT2D eigenvalue weighted by molar-refractivity contribution is 9.10. The lowest BCUT2D eigenvalue weighted by molar-refractivity contribution is -0.130. The number of halogens is 1. The van der Waals surface area contributed by atoms with Gasteiger partial charge in [-0.1, -0.05) is 36.7 Å². The van der Waals surface area contributed by atoms with Crippen molar-refractivity contribution in [2.45, 2.75) is 46.1 Å². The zero-order chi connectivity index (χ0) is 17.6. The molecule has 0 fully saturated rings. The fourth-order valence-corrected chi connectivity index (χ4v) is 2.69. The Morgan fingerprint density at radius 1 is 1.25 bits per heavy atom. The average molecular weight is 394 g/mol. The molecule has 130 valence electrons. The molecule has 0 N–H and O–H groups in total. The lowest BCUT2D eigenvalue weighted by Gasteiger charge is -2.24. The molecule has 1 heterocycles. The Balaban J connectivity index is 1.83. The van der Waals surface area contributed by atoms with Crippen molar-refractivity contribution >= 4 is 21.7 Å². The number of hydrogen-bond donors (Lipinski definition) is 0. The van der Waals surface area contributed by atoms with E-state index in [-0.39, 0.29) is 11.8 Å². The van der Waals surface area contributed by atoms with Crippen LogP contribution in [-0.4, -0.2) is 27.2 Å². The minimum Gasteiger partial charge on any atom is -0.494 e. The van der Waals surface area contributed by atoms with Crippen LogP contribution in [0.1, 0.15) is 46.1 Å². The van der Waals surface area contributed by atoms with E-state index in [2.05, 4.69) is 26.0 Å². The van der Waals surface area contributed by atoms with Crippen LogP contribution in [0.25, 0.3) is 0 Å². The summed E-state index contributed by atoms with van der Waals surface area (Å²) in [7, 11) is 0. The number of benzene rings is 1. The molecule has 24 heavy (non-hydrogen) atoms. The Kier molecular flexibility index (Phi) is 6.54. The third kappa shape index (κ3) is 5.44. The van der Waals surface area contributed by atoms with Gasteiger partial charge in [-0.15, -0.1) is 0 Å². The number of unbranched alkanes of at least 4 members (excludes halogenated alkanes) is 1. The van der Waals surface area contributed by atoms with Crippen LogP contribution in [0.2, 0.25) is 0 Å². The van der Waals surface area contributed by atoms with Gasteiger partial charge in [0, 0.05) is 9.89 Å². The molecule has 1 unspecified atom stereocenters. The monoisotopic (exact) mass is 393 g/mol. The largest absolute Gasteiger partial charge is 0.494 e. The second kappa shape index (κ2) is 8.42. The van der Waals surface area contributed by atoms with E-state index in [1.807, 2.05) is 45.0 Å². The highest BCUT2D eigenvalue weighted by Gasteiger charge is 2.30. The van der Waals surface area contributed by atoms with Gasteiger partial charge in [0.1, 0.15) is 24.4 Å². The standard InChI is InChI=1S/C18H24BrN3O2/c1-18(2,3)17(23)16(22-13-20-12-21-22)6-4-5-11-24-15-9-7-14(19)8-10-15/h7-10,12-13,16H,4-6,11H2,1-3H3. The van der Waals surface area contributed by atoms with Gasteiger partial charge in [-0.3, -0.25) is 4.79 Å². The zero-order valence-electron chi connectivity index (χ0n) is 14.4. The number of carbonyl (C=O) groups is 1. The lowest BCUT2D eigenvalue weighted by atomic mass is 9.85. The molecule has 6 heteroatoms. The predicted molar refractivity (Wildman–Crippen MR) is 97.0 cm³/mol. The molecule has 2 aromatic rings. The van der Waals surface area contributed by atoms with Gasteiger partial charge in [-0.05, 0) is 43.5 Å². The van der Waals surface area contributed by atoms with E-state index in [1.54, 1.807) is 11.0 Å². The summed E-state index contributed by atoms with van der Waals surface area (Å²) >= 11 is 3.40. The third-order valence-corrected chi connectivity index (χ3v) is 4.28. The molecule has 2 rings (SSSR count). The van der Waals surface area contributed by atoms with Crippen LogP contribution in [-0.2, 0) is 4.79 Å². The summed E-state index contributed by atoms with van der Waals surface area (Å²) in [5.74, 6) is 1.04. The Morgan fingerprint density at radius 3 is 2.54 bits per heavy atom. The van der Waals surface area contributed by atoms with E-state index in [1.165, 1.54) is 6.33 Å². The summed E-state index contributed by atoms with van der Waals surface area (Å²) in [6.45, 7) is 6.46. The second-order valence-electron chi connectivity index (χ2n) is 6.80. The highest BCUT2D eigenvalue weighted by atomic mass is 79.9. The molecule has 5 nitrogen and oxygen atoms in total. The van der Waals surface area contributed by atoms with E-state index in [0.29, 0.717) is 6.61 Å². The Morgan fingerprint density at radius 2 is 1.96 bits per heavy atom. The Hall–Kier alpha value is -1.69. The summed E-state index contributed by atoms with van der Waals surface area (Å²) in [4.78, 5) is 16.6. The number of rotatable bonds is 8. The molecule has 0 amide bonds. The highest BCUT2D eigenvalue weighted by Crippen LogP contribution is 2.26. The van der Waals surface area contributed by atoms with Crippen LogP contribution in [0.3, 0.4) is 0 Å². The smallest absolute Gasteiger partial charge is 0.162 e. The fraction of sp³-hybridized carbons (Fsp3) is 0.500. The molecule has 0 radical (unpaired) electrons. The van der Waals surface area contributed by atoms with E-state index in [9.17, 15) is 4.79 Å². The number of Topliss-reactive ketones (excluding diaryl/α,β-unsaturated/α-hetero) is 1. The van der Waals surface area contributed by atoms with Crippen LogP contribution in [0, 0.1) is 5.41 Å². The number of aromatic nitrogens is 3. The maximum absolute atomic E-state index is 12.7. The zero-order valence-corrected chi connectivity index (χ0v) is 16.0. The molecule has 0 aliphatic carbocycles. The minimum atomic E-state index is -0.398. The van der Waals surface area contributed by atoms with Crippen molar-refractivity contribution in [3.63, 3.8) is 0 Å². The third-order valence-electron chi connectivity index (χ3n) is 3.75. The summed E-state index contributed by atoms with van der Waals surface area (Å²) < 4.78 is 8.42. The number of hydrogen-bond acceptors (Lipinski definition) is 4. The van der Waals surface area contributed by atoms with Gasteiger partial charge in [0.2, 0.25) is 0 Å². The van der Waals surface area contributed by atoms with Crippen molar-refractivity contribution in [1.29, 1.82) is 0 Å². The molecule has 0 saturated carbocycles. The van der Waals surface area contributed by atoms with E-state index in [0.717, 1.165) is 29.5 Å². The van der Waals surface area contributed by atoms with Crippen molar-refractivity contribution < 1.29 is 9.53 Å². The number of ketones is 1. The molecule has 0 saturated heterocycles. The summed E-state index contributed by atoms with van der Waals surface area (Å²) in [6.07, 6.45) is 5.61. The first kappa shape index (κ1) is 18.6. The van der Waals surface area contributed by atoms with Crippen molar-refractivity contribution in [3.05, 3.63) is 41.4 Å². The first-order valence-electron chi connectivity index (χ1n) is 8.15. The number of ether oxygens (including phenoxy) is 1. The molecule has 1 aromatic carbocycles. The van der Waals surface area contributed by atoms with Crippen LogP contribution in [0.5, 0.6) is 5.75 Å². The minimum absolute atomic E-state index is 0.182. The number of carbonyl (C=O) groups excluding carboxylic acids is 1. The van der Waals surface area contributed by atoms with Crippen molar-refractivity contribution in [3.8, 4) is 5.75 Å². The molecule has 1 aromatic heterocycles. The van der Waals surface area contributed by atoms with Gasteiger partial charge in [-0.2, -0.15) is 5.10 Å². The van der Waals surface area contributed by atoms with E-state index < -0.39 is 5.41 Å². The molecule has 0 spiro atoms. The number of nitrogens with zero attached hydrogens (tertiary/aromatic N) is 3. The van der Waals surface area contributed by atoms with Crippen LogP contribution < -0.4 is 4.74 Å². The quantitative estimate of drug-likeness (QED) is 0.621. The first-order chi connectivity index (χ1) is 11.4. The summed E-state index contributed by atoms with van der Waals surface area (Å²) in [6, 6.07) is 7.52. The average Bonchev–Trinajstić information content (AvgIpc) is 3.05. The molecule has 0 bridgehead atoms. The molecular weight excluding hydrogens is 370 g/mol. The van der Waals surface area contributed by atoms with Crippen LogP contribution in [0.4, 0.5) is 0 Å². The topological polar surface area (TPSA) is 57.0 Å². The predicted octanol–water partition coefficient (Wildman–Crippen LogP) is 4.45. The second-order valence-corrected chi connectivity index (χ2v) is 7.72. The van der Waals surface area contributed by atoms with Crippen molar-refractivity contribution in [1.82, 2.24) is 14.8 Å². The first-order valence-corrected chi connectivity index (χ1v) is 8.94. The van der Waals surface area contributed by atoms with Gasteiger partial charge in [-0.25, -0.2) is 9.67 Å². The summed E-state index contributed by atoms with van der Waals surface area (Å²) in [5, 5.41) is 4.15. The lowest BCUT2D eigenvalue weighted by Crippen LogP contribution is -2.31. The van der Waals surface area contributed by atoms with Crippen molar-refractivity contribution in [2.24, 2.45) is 5.41 Å². The van der Waals surface area contributed by atoms with Gasteiger partial charge in [0.25, 0.3) is 0 Å². The van der Waals surface area contributed by atoms with E-state index >= 15 is 0 Å².